The van der Waals surface area contributed by atoms with Crippen LogP contribution in [0.1, 0.15) is 12.8 Å². The van der Waals surface area contributed by atoms with E-state index in [9.17, 15) is 0 Å². The van der Waals surface area contributed by atoms with E-state index < -0.39 is 0 Å². The quantitative estimate of drug-likeness (QED) is 0.404. The lowest BCUT2D eigenvalue weighted by Gasteiger charge is -2.27. The zero-order valence-corrected chi connectivity index (χ0v) is 6.14. The molecule has 0 atom stereocenters. The Morgan fingerprint density at radius 1 is 1.70 bits per heavy atom. The molecule has 10 heavy (non-hydrogen) atoms. The lowest BCUT2D eigenvalue weighted by Crippen LogP contribution is -2.39. The van der Waals surface area contributed by atoms with Gasteiger partial charge < -0.3 is 10.6 Å². The zero-order chi connectivity index (χ0) is 7.40. The molecule has 3 nitrogen and oxygen atoms in total. The van der Waals surface area contributed by atoms with Gasteiger partial charge in [0.25, 0.3) is 0 Å². The highest BCUT2D eigenvalue weighted by Crippen LogP contribution is 2.06. The molecule has 1 saturated heterocycles. The molecule has 0 unspecified atom stereocenters. The molecule has 1 radical (unpaired) electrons. The van der Waals surface area contributed by atoms with Crippen LogP contribution in [0.15, 0.2) is 0 Å². The summed E-state index contributed by atoms with van der Waals surface area (Å²) in [5.41, 5.74) is 5.32. The van der Waals surface area contributed by atoms with Crippen LogP contribution in [0.2, 0.25) is 0 Å². The van der Waals surface area contributed by atoms with E-state index >= 15 is 0 Å². The Morgan fingerprint density at radius 2 is 2.50 bits per heavy atom. The second kappa shape index (κ2) is 3.56. The van der Waals surface area contributed by atoms with Gasteiger partial charge in [0, 0.05) is 13.1 Å². The van der Waals surface area contributed by atoms with Crippen molar-refractivity contribution >= 4 is 5.84 Å². The molecule has 0 bridgehead atoms. The molecule has 0 aromatic heterocycles. The first-order valence-electron chi connectivity index (χ1n) is 3.68. The number of nitrogens with one attached hydrogen (secondary N) is 1. The summed E-state index contributed by atoms with van der Waals surface area (Å²) in [6.45, 7) is 2.29. The number of hydrogen-bond acceptors (Lipinski definition) is 2. The van der Waals surface area contributed by atoms with Gasteiger partial charge in [-0.05, 0) is 19.3 Å². The summed E-state index contributed by atoms with van der Waals surface area (Å²) in [5, 5.41) is 7.41. The number of nitrogens with zero attached hydrogens (tertiary/aromatic N) is 1. The van der Waals surface area contributed by atoms with E-state index in [1.165, 1.54) is 12.8 Å². The minimum absolute atomic E-state index is 0.369. The van der Waals surface area contributed by atoms with Crippen LogP contribution in [0.5, 0.6) is 0 Å². The van der Waals surface area contributed by atoms with Crippen molar-refractivity contribution in [2.24, 2.45) is 5.73 Å². The number of nitrogens with two attached hydrogens (primary N) is 1. The molecular weight excluding hydrogens is 126 g/mol. The molecule has 57 valence electrons. The maximum absolute atomic E-state index is 7.41. The number of hydrogen-bond donors (Lipinski definition) is 2. The monoisotopic (exact) mass is 140 g/mol. The lowest BCUT2D eigenvalue weighted by atomic mass is 10.1. The van der Waals surface area contributed by atoms with Crippen LogP contribution in [0, 0.1) is 11.8 Å². The Hall–Kier alpha value is -0.570. The molecule has 1 rings (SSSR count). The van der Waals surface area contributed by atoms with Gasteiger partial charge >= 0.3 is 0 Å². The van der Waals surface area contributed by atoms with Gasteiger partial charge in [-0.25, -0.2) is 0 Å². The number of rotatable bonds is 1. The Labute approximate surface area is 61.7 Å². The molecule has 1 aliphatic rings. The summed E-state index contributed by atoms with van der Waals surface area (Å²) in [7, 11) is 0. The van der Waals surface area contributed by atoms with Crippen LogP contribution in [0.3, 0.4) is 0 Å². The third-order valence-corrected chi connectivity index (χ3v) is 1.76. The topological polar surface area (TPSA) is 53.1 Å². The van der Waals surface area contributed by atoms with E-state index in [0.717, 1.165) is 13.1 Å². The molecule has 1 heterocycles. The van der Waals surface area contributed by atoms with Gasteiger partial charge in [-0.3, -0.25) is 5.41 Å². The summed E-state index contributed by atoms with van der Waals surface area (Å²) < 4.78 is 0. The fourth-order valence-electron chi connectivity index (χ4n) is 1.14. The van der Waals surface area contributed by atoms with Crippen molar-refractivity contribution in [2.45, 2.75) is 12.8 Å². The SMILES string of the molecule is N=C(CN)N1C[CH]CCC1. The molecule has 0 aromatic carbocycles. The molecule has 1 fully saturated rings. The van der Waals surface area contributed by atoms with E-state index in [-0.39, 0.29) is 0 Å². The molecule has 0 spiro atoms. The third kappa shape index (κ3) is 1.70. The highest BCUT2D eigenvalue weighted by molar-refractivity contribution is 5.81. The Balaban J connectivity index is 2.31. The van der Waals surface area contributed by atoms with Crippen LogP contribution in [0.25, 0.3) is 0 Å². The lowest BCUT2D eigenvalue weighted by molar-refractivity contribution is 0.387. The first kappa shape index (κ1) is 7.54. The van der Waals surface area contributed by atoms with Crippen molar-refractivity contribution < 1.29 is 0 Å². The van der Waals surface area contributed by atoms with Gasteiger partial charge in [-0.15, -0.1) is 0 Å². The summed E-state index contributed by atoms with van der Waals surface area (Å²) in [4.78, 5) is 2.02. The zero-order valence-electron chi connectivity index (χ0n) is 6.14. The molecular formula is C7H14N3. The van der Waals surface area contributed by atoms with Crippen molar-refractivity contribution in [3.05, 3.63) is 6.42 Å². The molecule has 0 saturated carbocycles. The average Bonchev–Trinajstić information content (AvgIpc) is 2.05. The fraction of sp³-hybridized carbons (Fsp3) is 0.714. The summed E-state index contributed by atoms with van der Waals surface area (Å²) in [6.07, 6.45) is 4.56. The number of piperidine rings is 1. The maximum Gasteiger partial charge on any atom is 0.110 e. The standard InChI is InChI=1S/C7H14N3/c8-6-7(9)10-4-2-1-3-5-10/h2,9H,1,3-6,8H2. The number of amidine groups is 1. The van der Waals surface area contributed by atoms with Gasteiger partial charge in [0.2, 0.25) is 0 Å². The Kier molecular flexibility index (Phi) is 2.68. The Bertz CT molecular complexity index is 116. The predicted molar refractivity (Wildman–Crippen MR) is 41.9 cm³/mol. The first-order chi connectivity index (χ1) is 4.84. The smallest absolute Gasteiger partial charge is 0.110 e. The van der Waals surface area contributed by atoms with Crippen molar-refractivity contribution in [3.8, 4) is 0 Å². The summed E-state index contributed by atoms with van der Waals surface area (Å²) >= 11 is 0. The molecule has 1 aliphatic heterocycles. The van der Waals surface area contributed by atoms with E-state index in [4.69, 9.17) is 11.1 Å². The van der Waals surface area contributed by atoms with Crippen molar-refractivity contribution in [1.82, 2.24) is 4.90 Å². The van der Waals surface area contributed by atoms with Gasteiger partial charge in [0.05, 0.1) is 6.54 Å². The summed E-state index contributed by atoms with van der Waals surface area (Å²) in [6, 6.07) is 0. The highest BCUT2D eigenvalue weighted by atomic mass is 15.2. The van der Waals surface area contributed by atoms with E-state index in [0.29, 0.717) is 12.4 Å². The normalized spacial score (nSPS) is 19.1. The molecule has 3 N–H and O–H groups in total. The van der Waals surface area contributed by atoms with Crippen LogP contribution >= 0.6 is 0 Å². The van der Waals surface area contributed by atoms with Crippen molar-refractivity contribution in [1.29, 1.82) is 5.41 Å². The minimum atomic E-state index is 0.369. The van der Waals surface area contributed by atoms with Crippen LogP contribution in [0.4, 0.5) is 0 Å². The minimum Gasteiger partial charge on any atom is -0.359 e. The van der Waals surface area contributed by atoms with Gasteiger partial charge in [-0.1, -0.05) is 0 Å². The largest absolute Gasteiger partial charge is 0.359 e. The van der Waals surface area contributed by atoms with Crippen LogP contribution < -0.4 is 5.73 Å². The molecule has 0 amide bonds. The second-order valence-electron chi connectivity index (χ2n) is 2.53. The fourth-order valence-corrected chi connectivity index (χ4v) is 1.14. The summed E-state index contributed by atoms with van der Waals surface area (Å²) in [5.74, 6) is 0.566. The second-order valence-corrected chi connectivity index (χ2v) is 2.53. The molecule has 0 aliphatic carbocycles. The average molecular weight is 140 g/mol. The molecule has 0 aromatic rings. The Morgan fingerprint density at radius 3 is 3.00 bits per heavy atom. The van der Waals surface area contributed by atoms with Gasteiger partial charge in [0.1, 0.15) is 5.84 Å². The van der Waals surface area contributed by atoms with Gasteiger partial charge in [0.15, 0.2) is 0 Å². The maximum atomic E-state index is 7.41. The van der Waals surface area contributed by atoms with E-state index in [1.807, 2.05) is 4.90 Å². The van der Waals surface area contributed by atoms with E-state index in [1.54, 1.807) is 0 Å². The van der Waals surface area contributed by atoms with Crippen LogP contribution in [-0.2, 0) is 0 Å². The van der Waals surface area contributed by atoms with Crippen molar-refractivity contribution in [2.75, 3.05) is 19.6 Å². The van der Waals surface area contributed by atoms with Gasteiger partial charge in [-0.2, -0.15) is 0 Å². The first-order valence-corrected chi connectivity index (χ1v) is 3.68. The molecule has 3 heteroatoms. The number of likely N-dealkylation sites (tertiary alicyclic amines) is 1. The predicted octanol–water partition coefficient (Wildman–Crippen LogP) is 0.222. The van der Waals surface area contributed by atoms with E-state index in [2.05, 4.69) is 6.42 Å². The third-order valence-electron chi connectivity index (χ3n) is 1.76. The van der Waals surface area contributed by atoms with Crippen LogP contribution in [-0.4, -0.2) is 30.4 Å². The highest BCUT2D eigenvalue weighted by Gasteiger charge is 2.11. The van der Waals surface area contributed by atoms with Crippen molar-refractivity contribution in [3.63, 3.8) is 0 Å².